The number of hydrogen-bond acceptors (Lipinski definition) is 4. The molecule has 0 spiro atoms. The van der Waals surface area contributed by atoms with Gasteiger partial charge in [0.15, 0.2) is 0 Å². The fourth-order valence-electron chi connectivity index (χ4n) is 2.69. The zero-order chi connectivity index (χ0) is 15.0. The number of piperidine rings is 1. The molecule has 1 aromatic rings. The van der Waals surface area contributed by atoms with E-state index in [2.05, 4.69) is 5.32 Å². The molecule has 21 heavy (non-hydrogen) atoms. The summed E-state index contributed by atoms with van der Waals surface area (Å²) in [5, 5.41) is 2.72. The Morgan fingerprint density at radius 3 is 2.57 bits per heavy atom. The van der Waals surface area contributed by atoms with Crippen LogP contribution in [0.3, 0.4) is 0 Å². The number of fused-ring (bicyclic) bond motifs is 1. The zero-order valence-electron chi connectivity index (χ0n) is 11.5. The van der Waals surface area contributed by atoms with Crippen molar-refractivity contribution in [2.45, 2.75) is 19.3 Å². The van der Waals surface area contributed by atoms with Gasteiger partial charge in [-0.1, -0.05) is 12.1 Å². The Labute approximate surface area is 122 Å². The molecule has 3 amide bonds. The van der Waals surface area contributed by atoms with E-state index in [0.29, 0.717) is 30.8 Å². The van der Waals surface area contributed by atoms with Gasteiger partial charge in [0.1, 0.15) is 0 Å². The molecule has 6 heteroatoms. The first kappa shape index (κ1) is 13.6. The van der Waals surface area contributed by atoms with E-state index in [4.69, 9.17) is 5.73 Å². The Balaban J connectivity index is 1.45. The fraction of sp³-hybridized carbons (Fsp3) is 0.400. The monoisotopic (exact) mass is 287 g/mol. The SMILES string of the molecule is Nc1ccccc1NC(=O)CCCN1C(=O)C2CC2C1=O. The molecule has 2 fully saturated rings. The van der Waals surface area contributed by atoms with Gasteiger partial charge in [0, 0.05) is 13.0 Å². The van der Waals surface area contributed by atoms with Crippen LogP contribution in [0.15, 0.2) is 24.3 Å². The lowest BCUT2D eigenvalue weighted by Crippen LogP contribution is -2.34. The van der Waals surface area contributed by atoms with E-state index in [1.54, 1.807) is 24.3 Å². The largest absolute Gasteiger partial charge is 0.397 e. The Morgan fingerprint density at radius 2 is 1.90 bits per heavy atom. The number of anilines is 2. The molecule has 1 aliphatic heterocycles. The minimum absolute atomic E-state index is 0.0716. The van der Waals surface area contributed by atoms with Crippen LogP contribution in [-0.2, 0) is 14.4 Å². The number of likely N-dealkylation sites (tertiary alicyclic amines) is 1. The molecule has 110 valence electrons. The van der Waals surface area contributed by atoms with Crippen molar-refractivity contribution in [3.05, 3.63) is 24.3 Å². The van der Waals surface area contributed by atoms with Gasteiger partial charge < -0.3 is 11.1 Å². The van der Waals surface area contributed by atoms with Gasteiger partial charge in [-0.2, -0.15) is 0 Å². The topological polar surface area (TPSA) is 92.5 Å². The minimum Gasteiger partial charge on any atom is -0.397 e. The molecule has 1 saturated heterocycles. The Bertz CT molecular complexity index is 594. The first-order valence-corrected chi connectivity index (χ1v) is 7.07. The summed E-state index contributed by atoms with van der Waals surface area (Å²) >= 11 is 0. The van der Waals surface area contributed by atoms with Crippen molar-refractivity contribution < 1.29 is 14.4 Å². The molecule has 2 atom stereocenters. The van der Waals surface area contributed by atoms with E-state index < -0.39 is 0 Å². The Kier molecular flexibility index (Phi) is 3.37. The molecule has 0 aromatic heterocycles. The first-order valence-electron chi connectivity index (χ1n) is 7.07. The summed E-state index contributed by atoms with van der Waals surface area (Å²) in [4.78, 5) is 36.6. The molecule has 3 rings (SSSR count). The van der Waals surface area contributed by atoms with Crippen LogP contribution in [-0.4, -0.2) is 29.2 Å². The molecule has 0 radical (unpaired) electrons. The van der Waals surface area contributed by atoms with E-state index >= 15 is 0 Å². The van der Waals surface area contributed by atoms with Crippen LogP contribution >= 0.6 is 0 Å². The highest BCUT2D eigenvalue weighted by Crippen LogP contribution is 2.46. The number of amides is 3. The predicted molar refractivity (Wildman–Crippen MR) is 77.0 cm³/mol. The van der Waals surface area contributed by atoms with Crippen LogP contribution < -0.4 is 11.1 Å². The minimum atomic E-state index is -0.169. The van der Waals surface area contributed by atoms with Crippen LogP contribution in [0.2, 0.25) is 0 Å². The average Bonchev–Trinajstić information content (AvgIpc) is 3.21. The third-order valence-corrected chi connectivity index (χ3v) is 3.98. The predicted octanol–water partition coefficient (Wildman–Crippen LogP) is 0.992. The van der Waals surface area contributed by atoms with E-state index in [1.807, 2.05) is 0 Å². The number of imide groups is 1. The second-order valence-corrected chi connectivity index (χ2v) is 5.52. The van der Waals surface area contributed by atoms with Crippen molar-refractivity contribution in [2.75, 3.05) is 17.6 Å². The van der Waals surface area contributed by atoms with Gasteiger partial charge in [0.2, 0.25) is 17.7 Å². The lowest BCUT2D eigenvalue weighted by molar-refractivity contribution is -0.141. The van der Waals surface area contributed by atoms with Crippen LogP contribution in [0.25, 0.3) is 0 Å². The smallest absolute Gasteiger partial charge is 0.233 e. The van der Waals surface area contributed by atoms with Gasteiger partial charge in [-0.15, -0.1) is 0 Å². The lowest BCUT2D eigenvalue weighted by atomic mass is 10.2. The second-order valence-electron chi connectivity index (χ2n) is 5.52. The Hall–Kier alpha value is -2.37. The number of benzene rings is 1. The highest BCUT2D eigenvalue weighted by Gasteiger charge is 2.58. The standard InChI is InChI=1S/C15H17N3O3/c16-11-4-1-2-5-12(11)17-13(19)6-3-7-18-14(20)9-8-10(9)15(18)21/h1-2,4-5,9-10H,3,6-8,16H2,(H,17,19). The molecular weight excluding hydrogens is 270 g/mol. The summed E-state index contributed by atoms with van der Waals surface area (Å²) in [6.45, 7) is 0.322. The van der Waals surface area contributed by atoms with Crippen molar-refractivity contribution in [3.8, 4) is 0 Å². The maximum atomic E-state index is 11.8. The van der Waals surface area contributed by atoms with Gasteiger partial charge in [-0.25, -0.2) is 0 Å². The molecule has 1 aliphatic carbocycles. The van der Waals surface area contributed by atoms with E-state index in [9.17, 15) is 14.4 Å². The second kappa shape index (κ2) is 5.20. The van der Waals surface area contributed by atoms with Gasteiger partial charge >= 0.3 is 0 Å². The first-order chi connectivity index (χ1) is 10.1. The fourth-order valence-corrected chi connectivity index (χ4v) is 2.69. The molecule has 1 heterocycles. The third-order valence-electron chi connectivity index (χ3n) is 3.98. The molecule has 2 unspecified atom stereocenters. The maximum absolute atomic E-state index is 11.8. The number of nitrogens with zero attached hydrogens (tertiary/aromatic N) is 1. The lowest BCUT2D eigenvalue weighted by Gasteiger charge is -2.16. The molecule has 3 N–H and O–H groups in total. The van der Waals surface area contributed by atoms with Gasteiger partial charge in [-0.3, -0.25) is 19.3 Å². The van der Waals surface area contributed by atoms with Crippen LogP contribution in [0.4, 0.5) is 11.4 Å². The molecule has 6 nitrogen and oxygen atoms in total. The maximum Gasteiger partial charge on any atom is 0.233 e. The number of nitrogen functional groups attached to an aromatic ring is 1. The van der Waals surface area contributed by atoms with Gasteiger partial charge in [-0.05, 0) is 25.0 Å². The summed E-state index contributed by atoms with van der Waals surface area (Å²) < 4.78 is 0. The highest BCUT2D eigenvalue weighted by atomic mass is 16.2. The summed E-state index contributed by atoms with van der Waals surface area (Å²) in [6, 6.07) is 7.03. The quantitative estimate of drug-likeness (QED) is 0.624. The number of nitrogens with two attached hydrogens (primary N) is 1. The number of rotatable bonds is 5. The molecule has 1 saturated carbocycles. The van der Waals surface area contributed by atoms with E-state index in [1.165, 1.54) is 4.90 Å². The van der Waals surface area contributed by atoms with Crippen LogP contribution in [0.5, 0.6) is 0 Å². The van der Waals surface area contributed by atoms with Gasteiger partial charge in [0.05, 0.1) is 23.2 Å². The summed E-state index contributed by atoms with van der Waals surface area (Å²) in [5.41, 5.74) is 6.83. The normalized spacial score (nSPS) is 23.1. The number of hydrogen-bond donors (Lipinski definition) is 2. The number of carbonyl (C=O) groups is 3. The van der Waals surface area contributed by atoms with Crippen LogP contribution in [0, 0.1) is 11.8 Å². The number of para-hydroxylation sites is 2. The summed E-state index contributed by atoms with van der Waals surface area (Å²) in [7, 11) is 0. The highest BCUT2D eigenvalue weighted by molar-refractivity contribution is 6.08. The van der Waals surface area contributed by atoms with Gasteiger partial charge in [0.25, 0.3) is 0 Å². The van der Waals surface area contributed by atoms with E-state index in [0.717, 1.165) is 0 Å². The average molecular weight is 287 g/mol. The van der Waals surface area contributed by atoms with Crippen LogP contribution in [0.1, 0.15) is 19.3 Å². The summed E-state index contributed by atoms with van der Waals surface area (Å²) in [6.07, 6.45) is 1.43. The van der Waals surface area contributed by atoms with E-state index in [-0.39, 0.29) is 36.0 Å². The summed E-state index contributed by atoms with van der Waals surface area (Å²) in [5.74, 6) is -0.460. The van der Waals surface area contributed by atoms with Crippen molar-refractivity contribution in [3.63, 3.8) is 0 Å². The van der Waals surface area contributed by atoms with Crippen molar-refractivity contribution in [1.29, 1.82) is 0 Å². The number of carbonyl (C=O) groups excluding carboxylic acids is 3. The zero-order valence-corrected chi connectivity index (χ0v) is 11.5. The van der Waals surface area contributed by atoms with Crippen molar-refractivity contribution in [1.82, 2.24) is 4.90 Å². The third kappa shape index (κ3) is 2.61. The molecule has 2 aliphatic rings. The molecule has 0 bridgehead atoms. The Morgan fingerprint density at radius 1 is 1.24 bits per heavy atom. The van der Waals surface area contributed by atoms with Crippen molar-refractivity contribution >= 4 is 29.1 Å². The number of nitrogens with one attached hydrogen (secondary N) is 1. The molecule has 1 aromatic carbocycles. The van der Waals surface area contributed by atoms with Crippen molar-refractivity contribution in [2.24, 2.45) is 11.8 Å². The molecular formula is C15H17N3O3.